The van der Waals surface area contributed by atoms with Gasteiger partial charge in [-0.2, -0.15) is 0 Å². The van der Waals surface area contributed by atoms with Crippen molar-refractivity contribution < 1.29 is 0 Å². The van der Waals surface area contributed by atoms with Crippen molar-refractivity contribution in [3.8, 4) is 10.4 Å². The van der Waals surface area contributed by atoms with E-state index in [0.29, 0.717) is 0 Å². The van der Waals surface area contributed by atoms with Crippen LogP contribution in [0.2, 0.25) is 0 Å². The Hall–Kier alpha value is -0.800. The zero-order valence-corrected chi connectivity index (χ0v) is 10.2. The van der Waals surface area contributed by atoms with Gasteiger partial charge >= 0.3 is 0 Å². The first-order chi connectivity index (χ1) is 6.68. The number of rotatable bonds is 1. The molecule has 0 fully saturated rings. The number of benzene rings is 1. The number of halogens is 1. The first-order valence-electron chi connectivity index (χ1n) is 4.28. The van der Waals surface area contributed by atoms with E-state index in [0.717, 1.165) is 15.7 Å². The van der Waals surface area contributed by atoms with Gasteiger partial charge in [-0.1, -0.05) is 12.1 Å². The van der Waals surface area contributed by atoms with E-state index >= 15 is 0 Å². The third-order valence-corrected chi connectivity index (χ3v) is 4.05. The maximum Gasteiger partial charge on any atom is 0.0485 e. The Morgan fingerprint density at radius 3 is 2.64 bits per heavy atom. The van der Waals surface area contributed by atoms with Crippen molar-refractivity contribution in [2.24, 2.45) is 0 Å². The van der Waals surface area contributed by atoms with Gasteiger partial charge in [0.1, 0.15) is 0 Å². The van der Waals surface area contributed by atoms with Crippen LogP contribution < -0.4 is 5.73 Å². The summed E-state index contributed by atoms with van der Waals surface area (Å²) >= 11 is 5.23. The van der Waals surface area contributed by atoms with Crippen LogP contribution in [0.4, 0.5) is 5.69 Å². The van der Waals surface area contributed by atoms with Crippen LogP contribution in [0.25, 0.3) is 10.4 Å². The van der Waals surface area contributed by atoms with E-state index in [1.54, 1.807) is 11.3 Å². The van der Waals surface area contributed by atoms with Crippen molar-refractivity contribution >= 4 is 33.0 Å². The summed E-state index contributed by atoms with van der Waals surface area (Å²) in [4.78, 5) is 1.23. The molecular formula is C11H10BrNS. The highest BCUT2D eigenvalue weighted by Gasteiger charge is 2.05. The monoisotopic (exact) mass is 267 g/mol. The maximum absolute atomic E-state index is 5.87. The summed E-state index contributed by atoms with van der Waals surface area (Å²) in [6.07, 6.45) is 0. The number of hydrogen-bond acceptors (Lipinski definition) is 2. The molecule has 0 unspecified atom stereocenters. The lowest BCUT2D eigenvalue weighted by Gasteiger charge is -2.03. The molecule has 0 aliphatic carbocycles. The highest BCUT2D eigenvalue weighted by atomic mass is 79.9. The summed E-state index contributed by atoms with van der Waals surface area (Å²) in [6.45, 7) is 2.02. The van der Waals surface area contributed by atoms with Crippen molar-refractivity contribution in [1.29, 1.82) is 0 Å². The van der Waals surface area contributed by atoms with Gasteiger partial charge in [0.2, 0.25) is 0 Å². The van der Waals surface area contributed by atoms with Crippen molar-refractivity contribution in [2.75, 3.05) is 5.73 Å². The second-order valence-electron chi connectivity index (χ2n) is 3.17. The van der Waals surface area contributed by atoms with Gasteiger partial charge in [0.05, 0.1) is 0 Å². The molecular weight excluding hydrogens is 258 g/mol. The van der Waals surface area contributed by atoms with E-state index in [-0.39, 0.29) is 0 Å². The smallest absolute Gasteiger partial charge is 0.0485 e. The SMILES string of the molecule is Cc1ccc(-c2sccc2Br)cc1N. The Morgan fingerprint density at radius 1 is 1.29 bits per heavy atom. The van der Waals surface area contributed by atoms with Crippen LogP contribution in [-0.2, 0) is 0 Å². The van der Waals surface area contributed by atoms with E-state index in [1.165, 1.54) is 10.4 Å². The third kappa shape index (κ3) is 1.70. The molecule has 0 radical (unpaired) electrons. The Labute approximate surface area is 95.7 Å². The van der Waals surface area contributed by atoms with E-state index in [4.69, 9.17) is 5.73 Å². The number of nitrogen functional groups attached to an aromatic ring is 1. The summed E-state index contributed by atoms with van der Waals surface area (Å²) < 4.78 is 1.13. The van der Waals surface area contributed by atoms with Crippen molar-refractivity contribution in [2.45, 2.75) is 6.92 Å². The van der Waals surface area contributed by atoms with E-state index in [9.17, 15) is 0 Å². The lowest BCUT2D eigenvalue weighted by atomic mass is 10.1. The molecule has 72 valence electrons. The summed E-state index contributed by atoms with van der Waals surface area (Å²) in [5, 5.41) is 2.06. The molecule has 0 saturated carbocycles. The molecule has 0 atom stereocenters. The Balaban J connectivity index is 2.53. The minimum Gasteiger partial charge on any atom is -0.398 e. The van der Waals surface area contributed by atoms with Crippen molar-refractivity contribution in [3.63, 3.8) is 0 Å². The molecule has 14 heavy (non-hydrogen) atoms. The molecule has 0 aliphatic rings. The van der Waals surface area contributed by atoms with E-state index < -0.39 is 0 Å². The van der Waals surface area contributed by atoms with Crippen LogP contribution in [0.1, 0.15) is 5.56 Å². The quantitative estimate of drug-likeness (QED) is 0.775. The number of anilines is 1. The molecule has 1 aromatic carbocycles. The molecule has 0 bridgehead atoms. The van der Waals surface area contributed by atoms with Crippen LogP contribution in [-0.4, -0.2) is 0 Å². The minimum atomic E-state index is 0.850. The molecule has 1 aromatic heterocycles. The van der Waals surface area contributed by atoms with E-state index in [2.05, 4.69) is 39.5 Å². The first kappa shape index (κ1) is 9.74. The standard InChI is InChI=1S/C11H10BrNS/c1-7-2-3-8(6-10(7)13)11-9(12)4-5-14-11/h2-6H,13H2,1H3. The summed E-state index contributed by atoms with van der Waals surface area (Å²) in [5.74, 6) is 0. The van der Waals surface area contributed by atoms with Crippen LogP contribution in [0.5, 0.6) is 0 Å². The van der Waals surface area contributed by atoms with Gasteiger partial charge in [-0.25, -0.2) is 0 Å². The van der Waals surface area contributed by atoms with Crippen molar-refractivity contribution in [3.05, 3.63) is 39.7 Å². The molecule has 1 heterocycles. The Kier molecular flexibility index (Phi) is 2.61. The zero-order valence-electron chi connectivity index (χ0n) is 7.75. The fraction of sp³-hybridized carbons (Fsp3) is 0.0909. The Morgan fingerprint density at radius 2 is 2.07 bits per heavy atom. The number of aryl methyl sites for hydroxylation is 1. The molecule has 0 aliphatic heterocycles. The molecule has 0 amide bonds. The zero-order chi connectivity index (χ0) is 10.1. The summed E-state index contributed by atoms with van der Waals surface area (Å²) in [6, 6.07) is 8.22. The van der Waals surface area contributed by atoms with E-state index in [1.807, 2.05) is 13.0 Å². The molecule has 2 aromatic rings. The van der Waals surface area contributed by atoms with Crippen LogP contribution in [0.3, 0.4) is 0 Å². The molecule has 2 rings (SSSR count). The topological polar surface area (TPSA) is 26.0 Å². The predicted molar refractivity (Wildman–Crippen MR) is 66.6 cm³/mol. The number of nitrogens with two attached hydrogens (primary N) is 1. The molecule has 2 N–H and O–H groups in total. The number of thiophene rings is 1. The van der Waals surface area contributed by atoms with Crippen LogP contribution >= 0.6 is 27.3 Å². The third-order valence-electron chi connectivity index (χ3n) is 2.16. The largest absolute Gasteiger partial charge is 0.398 e. The maximum atomic E-state index is 5.87. The lowest BCUT2D eigenvalue weighted by Crippen LogP contribution is -1.89. The van der Waals surface area contributed by atoms with Gasteiger partial charge in [0, 0.05) is 15.0 Å². The second kappa shape index (κ2) is 3.75. The number of hydrogen-bond donors (Lipinski definition) is 1. The second-order valence-corrected chi connectivity index (χ2v) is 4.94. The average Bonchev–Trinajstić information content (AvgIpc) is 2.57. The molecule has 3 heteroatoms. The van der Waals surface area contributed by atoms with Gasteiger partial charge in [-0.05, 0) is 51.5 Å². The van der Waals surface area contributed by atoms with Gasteiger partial charge in [0.25, 0.3) is 0 Å². The highest BCUT2D eigenvalue weighted by Crippen LogP contribution is 2.34. The van der Waals surface area contributed by atoms with Gasteiger partial charge in [0.15, 0.2) is 0 Å². The molecule has 0 spiro atoms. The first-order valence-corrected chi connectivity index (χ1v) is 5.95. The normalized spacial score (nSPS) is 10.4. The van der Waals surface area contributed by atoms with Gasteiger partial charge < -0.3 is 5.73 Å². The molecule has 0 saturated heterocycles. The summed E-state index contributed by atoms with van der Waals surface area (Å²) in [5.41, 5.74) is 9.02. The highest BCUT2D eigenvalue weighted by molar-refractivity contribution is 9.10. The van der Waals surface area contributed by atoms with Crippen molar-refractivity contribution in [1.82, 2.24) is 0 Å². The molecule has 1 nitrogen and oxygen atoms in total. The fourth-order valence-electron chi connectivity index (χ4n) is 1.28. The lowest BCUT2D eigenvalue weighted by molar-refractivity contribution is 1.47. The Bertz CT molecular complexity index is 462. The average molecular weight is 268 g/mol. The predicted octanol–water partition coefficient (Wildman–Crippen LogP) is 4.07. The van der Waals surface area contributed by atoms with Crippen LogP contribution in [0.15, 0.2) is 34.1 Å². The summed E-state index contributed by atoms with van der Waals surface area (Å²) in [7, 11) is 0. The van der Waals surface area contributed by atoms with Gasteiger partial charge in [-0.15, -0.1) is 11.3 Å². The minimum absolute atomic E-state index is 0.850. The fourth-order valence-corrected chi connectivity index (χ4v) is 2.88. The van der Waals surface area contributed by atoms with Gasteiger partial charge in [-0.3, -0.25) is 0 Å². The van der Waals surface area contributed by atoms with Crippen LogP contribution in [0, 0.1) is 6.92 Å².